The van der Waals surface area contributed by atoms with Crippen LogP contribution in [0.1, 0.15) is 15.9 Å². The van der Waals surface area contributed by atoms with E-state index in [0.29, 0.717) is 11.3 Å². The number of aryl methyl sites for hydroxylation is 1. The first-order valence-corrected chi connectivity index (χ1v) is 4.07. The van der Waals surface area contributed by atoms with Gasteiger partial charge in [-0.25, -0.2) is 0 Å². The van der Waals surface area contributed by atoms with Crippen LogP contribution in [0.5, 0.6) is 5.75 Å². The van der Waals surface area contributed by atoms with Crippen molar-refractivity contribution in [1.29, 1.82) is 0 Å². The molecule has 3 nitrogen and oxygen atoms in total. The van der Waals surface area contributed by atoms with Crippen LogP contribution >= 0.6 is 0 Å². The fourth-order valence-corrected chi connectivity index (χ4v) is 1.14. The van der Waals surface area contributed by atoms with Crippen molar-refractivity contribution in [2.75, 3.05) is 13.7 Å². The number of carbonyl (C=O) groups is 1. The lowest BCUT2D eigenvalue weighted by Gasteiger charge is -2.06. The molecule has 1 rings (SSSR count). The first kappa shape index (κ1) is 9.74. The minimum Gasteiger partial charge on any atom is -0.496 e. The van der Waals surface area contributed by atoms with Crippen molar-refractivity contribution >= 4 is 5.78 Å². The molecule has 1 aromatic rings. The molecule has 0 aromatic heterocycles. The molecule has 0 aliphatic heterocycles. The van der Waals surface area contributed by atoms with Gasteiger partial charge in [-0.3, -0.25) is 4.79 Å². The minimum absolute atomic E-state index is 0.0133. The fourth-order valence-electron chi connectivity index (χ4n) is 1.14. The number of Topliss-reactive ketones (excluding diaryl/α,β-unsaturated/α-hetero) is 1. The molecule has 0 amide bonds. The van der Waals surface area contributed by atoms with Gasteiger partial charge in [0.2, 0.25) is 0 Å². The summed E-state index contributed by atoms with van der Waals surface area (Å²) in [6.07, 6.45) is 0. The molecule has 0 aliphatic rings. The summed E-state index contributed by atoms with van der Waals surface area (Å²) in [6, 6.07) is 5.43. The Morgan fingerprint density at radius 2 is 2.23 bits per heavy atom. The second kappa shape index (κ2) is 4.05. The molecule has 70 valence electrons. The Bertz CT molecular complexity index is 321. The quantitative estimate of drug-likeness (QED) is 0.708. The Kier molecular flexibility index (Phi) is 3.03. The summed E-state index contributed by atoms with van der Waals surface area (Å²) in [4.78, 5) is 11.3. The molecule has 0 saturated heterocycles. The molecule has 3 heteroatoms. The molecule has 0 aliphatic carbocycles. The number of benzene rings is 1. The maximum absolute atomic E-state index is 11.3. The monoisotopic (exact) mass is 179 g/mol. The number of methoxy groups -OCH3 is 1. The first-order valence-electron chi connectivity index (χ1n) is 4.07. The first-order chi connectivity index (χ1) is 6.19. The Hall–Kier alpha value is -1.35. The lowest BCUT2D eigenvalue weighted by atomic mass is 10.1. The molecule has 0 atom stereocenters. The van der Waals surface area contributed by atoms with Gasteiger partial charge in [-0.05, 0) is 24.6 Å². The van der Waals surface area contributed by atoms with Gasteiger partial charge >= 0.3 is 0 Å². The van der Waals surface area contributed by atoms with Crippen molar-refractivity contribution < 1.29 is 9.53 Å². The van der Waals surface area contributed by atoms with Gasteiger partial charge in [0.15, 0.2) is 5.78 Å². The van der Waals surface area contributed by atoms with Gasteiger partial charge in [0.1, 0.15) is 5.75 Å². The number of carbonyl (C=O) groups excluding carboxylic acids is 1. The number of rotatable bonds is 3. The van der Waals surface area contributed by atoms with Gasteiger partial charge in [0.05, 0.1) is 19.2 Å². The van der Waals surface area contributed by atoms with Crippen molar-refractivity contribution in [2.24, 2.45) is 5.73 Å². The molecule has 2 N–H and O–H groups in total. The summed E-state index contributed by atoms with van der Waals surface area (Å²) in [5.41, 5.74) is 6.87. The SMILES string of the molecule is COc1cc(C)ccc1C(=O)CN. The van der Waals surface area contributed by atoms with E-state index in [1.54, 1.807) is 13.2 Å². The van der Waals surface area contributed by atoms with Crippen molar-refractivity contribution in [3.05, 3.63) is 29.3 Å². The van der Waals surface area contributed by atoms with Crippen LogP contribution in [-0.4, -0.2) is 19.4 Å². The summed E-state index contributed by atoms with van der Waals surface area (Å²) in [6.45, 7) is 1.96. The molecule has 0 unspecified atom stereocenters. The third kappa shape index (κ3) is 2.06. The van der Waals surface area contributed by atoms with Crippen LogP contribution in [0.3, 0.4) is 0 Å². The number of nitrogens with two attached hydrogens (primary N) is 1. The molecule has 0 fully saturated rings. The van der Waals surface area contributed by atoms with Crippen LogP contribution in [0.15, 0.2) is 18.2 Å². The molecule has 1 aromatic carbocycles. The van der Waals surface area contributed by atoms with E-state index in [1.807, 2.05) is 19.1 Å². The van der Waals surface area contributed by atoms with E-state index in [1.165, 1.54) is 0 Å². The Balaban J connectivity index is 3.13. The van der Waals surface area contributed by atoms with Crippen molar-refractivity contribution in [2.45, 2.75) is 6.92 Å². The van der Waals surface area contributed by atoms with Crippen LogP contribution < -0.4 is 10.5 Å². The van der Waals surface area contributed by atoms with Crippen LogP contribution in [0.25, 0.3) is 0 Å². The highest BCUT2D eigenvalue weighted by Crippen LogP contribution is 2.19. The number of hydrogen-bond acceptors (Lipinski definition) is 3. The van der Waals surface area contributed by atoms with Gasteiger partial charge in [-0.2, -0.15) is 0 Å². The summed E-state index contributed by atoms with van der Waals surface area (Å²) in [5.74, 6) is 0.493. The zero-order valence-electron chi connectivity index (χ0n) is 7.83. The van der Waals surface area contributed by atoms with Gasteiger partial charge in [0.25, 0.3) is 0 Å². The molecule has 0 radical (unpaired) electrons. The lowest BCUT2D eigenvalue weighted by Crippen LogP contribution is -2.14. The van der Waals surface area contributed by atoms with Crippen LogP contribution in [-0.2, 0) is 0 Å². The molecule has 0 saturated carbocycles. The topological polar surface area (TPSA) is 52.3 Å². The molecular formula is C10H13NO2. The molecule has 0 heterocycles. The second-order valence-corrected chi connectivity index (χ2v) is 2.83. The normalized spacial score (nSPS) is 9.77. The van der Waals surface area contributed by atoms with E-state index in [-0.39, 0.29) is 12.3 Å². The van der Waals surface area contributed by atoms with Crippen molar-refractivity contribution in [3.63, 3.8) is 0 Å². The third-order valence-electron chi connectivity index (χ3n) is 1.84. The highest BCUT2D eigenvalue weighted by molar-refractivity contribution is 6.00. The molecule has 0 spiro atoms. The Morgan fingerprint density at radius 3 is 2.77 bits per heavy atom. The molecular weight excluding hydrogens is 166 g/mol. The van der Waals surface area contributed by atoms with E-state index in [2.05, 4.69) is 0 Å². The average molecular weight is 179 g/mol. The highest BCUT2D eigenvalue weighted by Gasteiger charge is 2.09. The van der Waals surface area contributed by atoms with E-state index in [0.717, 1.165) is 5.56 Å². The predicted molar refractivity (Wildman–Crippen MR) is 51.1 cm³/mol. The van der Waals surface area contributed by atoms with Crippen LogP contribution in [0.4, 0.5) is 0 Å². The van der Waals surface area contributed by atoms with Gasteiger partial charge < -0.3 is 10.5 Å². The largest absolute Gasteiger partial charge is 0.496 e. The van der Waals surface area contributed by atoms with Gasteiger partial charge in [-0.1, -0.05) is 6.07 Å². The van der Waals surface area contributed by atoms with E-state index in [9.17, 15) is 4.79 Å². The summed E-state index contributed by atoms with van der Waals surface area (Å²) in [5, 5.41) is 0. The lowest BCUT2D eigenvalue weighted by molar-refractivity contribution is 0.0998. The Morgan fingerprint density at radius 1 is 1.54 bits per heavy atom. The van der Waals surface area contributed by atoms with Crippen molar-refractivity contribution in [1.82, 2.24) is 0 Å². The maximum atomic E-state index is 11.3. The van der Waals surface area contributed by atoms with E-state index < -0.39 is 0 Å². The van der Waals surface area contributed by atoms with Gasteiger partial charge in [-0.15, -0.1) is 0 Å². The maximum Gasteiger partial charge on any atom is 0.180 e. The summed E-state index contributed by atoms with van der Waals surface area (Å²) >= 11 is 0. The smallest absolute Gasteiger partial charge is 0.180 e. The van der Waals surface area contributed by atoms with Crippen LogP contribution in [0, 0.1) is 6.92 Å². The predicted octanol–water partition coefficient (Wildman–Crippen LogP) is 1.15. The zero-order valence-corrected chi connectivity index (χ0v) is 7.83. The summed E-state index contributed by atoms with van der Waals surface area (Å²) in [7, 11) is 1.54. The highest BCUT2D eigenvalue weighted by atomic mass is 16.5. The fraction of sp³-hybridized carbons (Fsp3) is 0.300. The van der Waals surface area contributed by atoms with Crippen molar-refractivity contribution in [3.8, 4) is 5.75 Å². The second-order valence-electron chi connectivity index (χ2n) is 2.83. The molecule has 13 heavy (non-hydrogen) atoms. The van der Waals surface area contributed by atoms with E-state index >= 15 is 0 Å². The van der Waals surface area contributed by atoms with Gasteiger partial charge in [0, 0.05) is 0 Å². The third-order valence-corrected chi connectivity index (χ3v) is 1.84. The van der Waals surface area contributed by atoms with E-state index in [4.69, 9.17) is 10.5 Å². The Labute approximate surface area is 77.5 Å². The molecule has 0 bridgehead atoms. The number of hydrogen-bond donors (Lipinski definition) is 1. The van der Waals surface area contributed by atoms with Crippen LogP contribution in [0.2, 0.25) is 0 Å². The average Bonchev–Trinajstić information content (AvgIpc) is 2.16. The standard InChI is InChI=1S/C10H13NO2/c1-7-3-4-8(9(12)6-11)10(5-7)13-2/h3-5H,6,11H2,1-2H3. The summed E-state index contributed by atoms with van der Waals surface area (Å²) < 4.78 is 5.07. The number of ether oxygens (including phenoxy) is 1. The minimum atomic E-state index is -0.100. The zero-order chi connectivity index (χ0) is 9.84. The number of ketones is 1.